The Labute approximate surface area is 679 Å². The summed E-state index contributed by atoms with van der Waals surface area (Å²) in [4.78, 5) is 112. The van der Waals surface area contributed by atoms with Gasteiger partial charge in [-0.3, -0.25) is 33.7 Å². The molecule has 11 N–H and O–H groups in total. The van der Waals surface area contributed by atoms with Crippen LogP contribution >= 0.6 is 0 Å². The number of unbranched alkanes of at least 4 members (excludes halogenated alkanes) is 2. The number of aliphatic carboxylic acids is 1. The van der Waals surface area contributed by atoms with Crippen LogP contribution in [0.4, 0.5) is 11.5 Å². The molecule has 1 saturated heterocycles. The molecule has 0 spiro atoms. The highest BCUT2D eigenvalue weighted by Gasteiger charge is 2.48. The summed E-state index contributed by atoms with van der Waals surface area (Å²) >= 11 is 0. The number of carboxylic acids is 2. The zero-order valence-electron chi connectivity index (χ0n) is 67.3. The fourth-order valence-electron chi connectivity index (χ4n) is 12.3. The summed E-state index contributed by atoms with van der Waals surface area (Å²) in [6, 6.07) is 16.5. The second-order valence-corrected chi connectivity index (χ2v) is 28.1. The maximum Gasteiger partial charge on any atom is 0.335 e. The number of hydrogen-bond donors (Lipinski definition) is 10. The summed E-state index contributed by atoms with van der Waals surface area (Å²) in [7, 11) is 5.63. The molecule has 37 nitrogen and oxygen atoms in total. The number of fused-ring (bicyclic) bond motifs is 3. The second-order valence-electron chi connectivity index (χ2n) is 28.1. The Kier molecular flexibility index (Phi) is 43.1. The van der Waals surface area contributed by atoms with Gasteiger partial charge in [-0.1, -0.05) is 37.6 Å². The molecule has 0 radical (unpaired) electrons. The van der Waals surface area contributed by atoms with Crippen molar-refractivity contribution in [1.29, 1.82) is 0 Å². The number of aryl methyl sites for hydroxylation is 1. The van der Waals surface area contributed by atoms with E-state index in [9.17, 15) is 63.9 Å². The number of aromatic carboxylic acids is 1. The minimum absolute atomic E-state index is 0.0388. The molecule has 5 aromatic rings. The number of ether oxygens (including phenoxy) is 14. The number of imidazole rings is 1. The summed E-state index contributed by atoms with van der Waals surface area (Å²) in [6.07, 6.45) is -4.85. The number of nitrogen functional groups attached to an aromatic ring is 1. The lowest BCUT2D eigenvalue weighted by Crippen LogP contribution is -2.61. The summed E-state index contributed by atoms with van der Waals surface area (Å²) < 4.78 is 79.2. The number of amides is 6. The number of nitrogens with two attached hydrogens (primary N) is 1. The maximum absolute atomic E-state index is 13.9. The predicted molar refractivity (Wildman–Crippen MR) is 422 cm³/mol. The van der Waals surface area contributed by atoms with E-state index in [0.717, 1.165) is 57.7 Å². The van der Waals surface area contributed by atoms with Gasteiger partial charge in [0.25, 0.3) is 11.8 Å². The Balaban J connectivity index is 0.797. The molecule has 6 amide bonds. The van der Waals surface area contributed by atoms with Gasteiger partial charge in [0, 0.05) is 87.6 Å². The lowest BCUT2D eigenvalue weighted by molar-refractivity contribution is -0.916. The largest absolute Gasteiger partial charge is 0.479 e. The summed E-state index contributed by atoms with van der Waals surface area (Å²) in [5.41, 5.74) is 11.0. The summed E-state index contributed by atoms with van der Waals surface area (Å²) in [5.74, 6) is -5.19. The second kappa shape index (κ2) is 52.9. The van der Waals surface area contributed by atoms with Crippen molar-refractivity contribution >= 4 is 80.8 Å². The third-order valence-corrected chi connectivity index (χ3v) is 18.4. The SMILES string of the molecule is CCCCc1nc2c(N)nc3cc(C(=O)O)ccc3c2n1Cc1ccc(C[N+](C)(C)Cc2ccc(O[C@@H]3O[C@H](C(=O)O)[C@@H](O)[C@H](O)[C@H]3O)c(NC(=O)CCNC(=O)[C@H](CCCCNC(=O)CCOCCOCCOCCOCCOCCOCCOCCOCCOCCOCCOCCOC)NC(=O)CCN3C(=O)C=CC3=O)c2)cc1. The van der Waals surface area contributed by atoms with Gasteiger partial charge in [0.2, 0.25) is 29.9 Å². The number of aliphatic hydroxyl groups excluding tert-OH is 3. The van der Waals surface area contributed by atoms with Crippen LogP contribution in [0, 0.1) is 0 Å². The minimum Gasteiger partial charge on any atom is -0.479 e. The number of carbonyl (C=O) groups excluding carboxylic acids is 6. The van der Waals surface area contributed by atoms with Crippen LogP contribution in [0.2, 0.25) is 0 Å². The number of anilines is 2. The Morgan fingerprint density at radius 1 is 0.573 bits per heavy atom. The zero-order chi connectivity index (χ0) is 84.2. The highest BCUT2D eigenvalue weighted by atomic mass is 16.7. The summed E-state index contributed by atoms with van der Waals surface area (Å²) in [5, 5.41) is 63.1. The number of aromatic nitrogens is 3. The number of nitrogens with one attached hydrogen (secondary N) is 4. The smallest absolute Gasteiger partial charge is 0.335 e. The van der Waals surface area contributed by atoms with Gasteiger partial charge in [-0.25, -0.2) is 19.6 Å². The first-order valence-electron chi connectivity index (χ1n) is 39.5. The number of imide groups is 1. The van der Waals surface area contributed by atoms with Crippen molar-refractivity contribution in [2.75, 3.05) is 204 Å². The molecule has 6 atom stereocenters. The van der Waals surface area contributed by atoms with Gasteiger partial charge in [-0.2, -0.15) is 0 Å². The van der Waals surface area contributed by atoms with Crippen molar-refractivity contribution in [2.24, 2.45) is 0 Å². The normalized spacial score (nSPS) is 16.5. The Morgan fingerprint density at radius 3 is 1.64 bits per heavy atom. The van der Waals surface area contributed by atoms with E-state index in [0.29, 0.717) is 192 Å². The molecule has 2 aliphatic rings. The maximum atomic E-state index is 13.9. The van der Waals surface area contributed by atoms with E-state index >= 15 is 0 Å². The summed E-state index contributed by atoms with van der Waals surface area (Å²) in [6.45, 7) is 12.9. The third-order valence-electron chi connectivity index (χ3n) is 18.4. The topological polar surface area (TPSA) is 475 Å². The molecule has 1 fully saturated rings. The lowest BCUT2D eigenvalue weighted by Gasteiger charge is -2.38. The molecule has 4 heterocycles. The number of quaternary nitrogens is 1. The van der Waals surface area contributed by atoms with Crippen LogP contribution in [0.3, 0.4) is 0 Å². The van der Waals surface area contributed by atoms with Gasteiger partial charge in [-0.05, 0) is 67.6 Å². The first-order valence-corrected chi connectivity index (χ1v) is 39.5. The average molecular weight is 1650 g/mol. The number of carboxylic acid groups (broad SMARTS) is 2. The first-order chi connectivity index (χ1) is 56.6. The molecule has 0 aliphatic carbocycles. The molecule has 2 aromatic heterocycles. The number of pyridine rings is 1. The van der Waals surface area contributed by atoms with E-state index in [-0.39, 0.29) is 93.9 Å². The number of methoxy groups -OCH3 is 1. The number of rotatable bonds is 63. The zero-order valence-corrected chi connectivity index (χ0v) is 67.3. The van der Waals surface area contributed by atoms with Crippen LogP contribution in [0.1, 0.15) is 91.2 Å². The van der Waals surface area contributed by atoms with Gasteiger partial charge in [0.05, 0.1) is 188 Å². The van der Waals surface area contributed by atoms with Crippen molar-refractivity contribution in [3.05, 3.63) is 101 Å². The number of aliphatic hydroxyl groups is 3. The predicted octanol–water partition coefficient (Wildman–Crippen LogP) is 2.05. The van der Waals surface area contributed by atoms with E-state index in [2.05, 4.69) is 37.7 Å². The molecule has 3 aromatic carbocycles. The van der Waals surface area contributed by atoms with Crippen molar-refractivity contribution in [2.45, 2.75) is 121 Å². The van der Waals surface area contributed by atoms with E-state index in [4.69, 9.17) is 77.0 Å². The fourth-order valence-corrected chi connectivity index (χ4v) is 12.3. The molecule has 7 rings (SSSR count). The van der Waals surface area contributed by atoms with Crippen LogP contribution in [0.5, 0.6) is 5.75 Å². The molecule has 2 aliphatic heterocycles. The van der Waals surface area contributed by atoms with E-state index < -0.39 is 78.2 Å². The van der Waals surface area contributed by atoms with Crippen LogP contribution in [-0.4, -0.2) is 326 Å². The minimum atomic E-state index is -2.01. The van der Waals surface area contributed by atoms with Gasteiger partial charge in [-0.15, -0.1) is 0 Å². The molecule has 0 bridgehead atoms. The fraction of sp³-hybridized carbons (Fsp3) is 0.600. The molecule has 0 unspecified atom stereocenters. The highest BCUT2D eigenvalue weighted by molar-refractivity contribution is 6.13. The Morgan fingerprint density at radius 2 is 1.10 bits per heavy atom. The van der Waals surface area contributed by atoms with Crippen molar-refractivity contribution in [3.63, 3.8) is 0 Å². The number of carbonyl (C=O) groups is 8. The molecule has 117 heavy (non-hydrogen) atoms. The Bertz CT molecular complexity index is 3910. The third kappa shape index (κ3) is 34.2. The van der Waals surface area contributed by atoms with E-state index in [1.165, 1.54) is 18.2 Å². The van der Waals surface area contributed by atoms with Crippen LogP contribution in [0.15, 0.2) is 72.8 Å². The number of benzene rings is 3. The molecule has 648 valence electrons. The van der Waals surface area contributed by atoms with Crippen molar-refractivity contribution < 1.29 is 135 Å². The van der Waals surface area contributed by atoms with E-state index in [1.807, 2.05) is 38.4 Å². The molecule has 0 saturated carbocycles. The van der Waals surface area contributed by atoms with Crippen molar-refractivity contribution in [1.82, 2.24) is 35.4 Å². The average Bonchev–Trinajstić information content (AvgIpc) is 1.61. The Hall–Kier alpha value is -8.84. The van der Waals surface area contributed by atoms with Crippen LogP contribution < -0.4 is 31.7 Å². The van der Waals surface area contributed by atoms with Crippen LogP contribution in [-0.2, 0) is 121 Å². The van der Waals surface area contributed by atoms with Gasteiger partial charge in [0.1, 0.15) is 54.5 Å². The molecule has 37 heteroatoms. The van der Waals surface area contributed by atoms with Gasteiger partial charge in [0.15, 0.2) is 11.9 Å². The molecular formula is C80H117N10O27+. The number of nitrogens with zero attached hydrogens (tertiary/aromatic N) is 5. The monoisotopic (exact) mass is 1650 g/mol. The van der Waals surface area contributed by atoms with Crippen LogP contribution in [0.25, 0.3) is 21.9 Å². The molecular weight excluding hydrogens is 1530 g/mol. The number of hydrogen-bond acceptors (Lipinski definition) is 28. The van der Waals surface area contributed by atoms with Gasteiger partial charge >= 0.3 is 11.9 Å². The lowest BCUT2D eigenvalue weighted by atomic mass is 9.99. The standard InChI is InChI=1S/C80H116N10O27/c1-5-6-10-64-87-70-71(59-17-16-58(78(100)101)51-61(59)86-76(70)81)89(64)52-55-11-13-56(14-12-55)53-90(2,3)54-57-15-18-63(116-80-74(98)72(96)73(97)75(117-80)79(102)103)62(50-57)85-66(92)21-25-83-77(99)60(84-67(93)22-26-88-68(94)19-20-69(88)95)9-7-8-24-82-65(91)23-27-105-30-31-107-34-35-109-38-39-111-42-43-113-46-47-115-49-48-114-45-44-112-41-40-110-37-36-108-33-32-106-29-28-104-4/h11-20,50-51,60,72-75,80,96-98H,5-10,21-49,52-54H2,1-4H3,(H7-,81,82,83,84,85,86,91,92,93,99,100,101,102,103)/p+1/t60-,72-,73-,74+,75-,80+/m0/s1. The van der Waals surface area contributed by atoms with Crippen molar-refractivity contribution in [3.8, 4) is 5.75 Å². The first kappa shape index (κ1) is 95.3. The van der Waals surface area contributed by atoms with E-state index in [1.54, 1.807) is 25.3 Å². The van der Waals surface area contributed by atoms with Gasteiger partial charge < -0.3 is 128 Å². The quantitative estimate of drug-likeness (QED) is 0.0151. The highest BCUT2D eigenvalue weighted by Crippen LogP contribution is 2.34.